The summed E-state index contributed by atoms with van der Waals surface area (Å²) in [6.45, 7) is 1.69. The molecule has 0 bridgehead atoms. The smallest absolute Gasteiger partial charge is 0.108 e. The van der Waals surface area contributed by atoms with Crippen molar-refractivity contribution < 1.29 is 5.11 Å². The van der Waals surface area contributed by atoms with Crippen LogP contribution in [0.15, 0.2) is 24.3 Å². The van der Waals surface area contributed by atoms with E-state index in [9.17, 15) is 0 Å². The molecule has 3 nitrogen and oxygen atoms in total. The number of aliphatic hydroxyl groups excluding tert-OH is 1. The lowest BCUT2D eigenvalue weighted by atomic mass is 10.3. The Labute approximate surface area is 93.0 Å². The van der Waals surface area contributed by atoms with Crippen LogP contribution in [0, 0.1) is 0 Å². The molecule has 0 spiro atoms. The van der Waals surface area contributed by atoms with Crippen LogP contribution in [0.3, 0.4) is 0 Å². The van der Waals surface area contributed by atoms with E-state index < -0.39 is 0 Å². The summed E-state index contributed by atoms with van der Waals surface area (Å²) >= 11 is 1.72. The molecule has 0 atom stereocenters. The van der Waals surface area contributed by atoms with Gasteiger partial charge in [-0.2, -0.15) is 0 Å². The van der Waals surface area contributed by atoms with Crippen molar-refractivity contribution in [3.63, 3.8) is 0 Å². The van der Waals surface area contributed by atoms with Crippen molar-refractivity contribution in [1.82, 2.24) is 9.88 Å². The highest BCUT2D eigenvalue weighted by atomic mass is 32.1. The van der Waals surface area contributed by atoms with E-state index in [1.54, 1.807) is 11.3 Å². The van der Waals surface area contributed by atoms with Crippen LogP contribution in [0.4, 0.5) is 0 Å². The van der Waals surface area contributed by atoms with E-state index >= 15 is 0 Å². The van der Waals surface area contributed by atoms with Gasteiger partial charge in [0.25, 0.3) is 0 Å². The molecule has 2 rings (SSSR count). The summed E-state index contributed by atoms with van der Waals surface area (Å²) in [6, 6.07) is 8.15. The molecule has 0 saturated carbocycles. The van der Waals surface area contributed by atoms with E-state index in [-0.39, 0.29) is 6.61 Å². The van der Waals surface area contributed by atoms with Crippen molar-refractivity contribution in [3.8, 4) is 0 Å². The minimum atomic E-state index is 0.196. The van der Waals surface area contributed by atoms with Gasteiger partial charge in [0.15, 0.2) is 0 Å². The molecule has 0 unspecified atom stereocenters. The zero-order chi connectivity index (χ0) is 10.7. The van der Waals surface area contributed by atoms with Crippen LogP contribution in [0.25, 0.3) is 10.2 Å². The molecule has 0 saturated heterocycles. The number of aromatic nitrogens is 1. The molecule has 1 aromatic carbocycles. The van der Waals surface area contributed by atoms with Crippen LogP contribution in [-0.2, 0) is 6.54 Å². The maximum absolute atomic E-state index is 8.80. The van der Waals surface area contributed by atoms with E-state index in [0.29, 0.717) is 6.54 Å². The van der Waals surface area contributed by atoms with Gasteiger partial charge in [-0.3, -0.25) is 4.90 Å². The van der Waals surface area contributed by atoms with Crippen molar-refractivity contribution in [2.24, 2.45) is 0 Å². The topological polar surface area (TPSA) is 36.4 Å². The van der Waals surface area contributed by atoms with Crippen LogP contribution in [0.2, 0.25) is 0 Å². The lowest BCUT2D eigenvalue weighted by Crippen LogP contribution is -2.21. The first-order valence-corrected chi connectivity index (χ1v) is 5.75. The highest BCUT2D eigenvalue weighted by Gasteiger charge is 2.05. The van der Waals surface area contributed by atoms with Crippen molar-refractivity contribution in [2.45, 2.75) is 6.54 Å². The van der Waals surface area contributed by atoms with E-state index in [2.05, 4.69) is 16.0 Å². The molecular weight excluding hydrogens is 208 g/mol. The molecule has 0 fully saturated rings. The first-order valence-electron chi connectivity index (χ1n) is 4.93. The Morgan fingerprint density at radius 1 is 1.40 bits per heavy atom. The fourth-order valence-electron chi connectivity index (χ4n) is 1.47. The number of rotatable bonds is 4. The van der Waals surface area contributed by atoms with Crippen molar-refractivity contribution in [3.05, 3.63) is 29.3 Å². The molecule has 15 heavy (non-hydrogen) atoms. The van der Waals surface area contributed by atoms with Crippen LogP contribution in [0.1, 0.15) is 5.01 Å². The van der Waals surface area contributed by atoms with Crippen LogP contribution < -0.4 is 0 Å². The number of likely N-dealkylation sites (N-methyl/N-ethyl adjacent to an activating group) is 1. The number of para-hydroxylation sites is 1. The van der Waals surface area contributed by atoms with Gasteiger partial charge in [-0.15, -0.1) is 11.3 Å². The molecule has 0 amide bonds. The third-order valence-electron chi connectivity index (χ3n) is 2.23. The van der Waals surface area contributed by atoms with Gasteiger partial charge in [-0.05, 0) is 19.2 Å². The molecule has 80 valence electrons. The van der Waals surface area contributed by atoms with Gasteiger partial charge in [0.2, 0.25) is 0 Å². The molecule has 0 aliphatic carbocycles. The predicted octanol–water partition coefficient (Wildman–Crippen LogP) is 1.72. The van der Waals surface area contributed by atoms with Crippen molar-refractivity contribution in [2.75, 3.05) is 20.2 Å². The highest BCUT2D eigenvalue weighted by molar-refractivity contribution is 7.18. The molecule has 4 heteroatoms. The van der Waals surface area contributed by atoms with Gasteiger partial charge in [0.05, 0.1) is 23.4 Å². The molecule has 1 heterocycles. The lowest BCUT2D eigenvalue weighted by molar-refractivity contribution is 0.217. The largest absolute Gasteiger partial charge is 0.395 e. The third-order valence-corrected chi connectivity index (χ3v) is 3.25. The molecule has 1 N–H and O–H groups in total. The first kappa shape index (κ1) is 10.5. The molecule has 1 aromatic heterocycles. The fraction of sp³-hybridized carbons (Fsp3) is 0.364. The predicted molar refractivity (Wildman–Crippen MR) is 63.0 cm³/mol. The summed E-state index contributed by atoms with van der Waals surface area (Å²) in [7, 11) is 1.99. The average Bonchev–Trinajstić information content (AvgIpc) is 2.59. The molecule has 0 radical (unpaired) electrons. The number of fused-ring (bicyclic) bond motifs is 1. The second kappa shape index (κ2) is 4.70. The van der Waals surface area contributed by atoms with Gasteiger partial charge in [0, 0.05) is 6.54 Å². The van der Waals surface area contributed by atoms with Crippen LogP contribution in [-0.4, -0.2) is 35.2 Å². The minimum absolute atomic E-state index is 0.196. The minimum Gasteiger partial charge on any atom is -0.395 e. The van der Waals surface area contributed by atoms with Gasteiger partial charge >= 0.3 is 0 Å². The number of benzene rings is 1. The van der Waals surface area contributed by atoms with Gasteiger partial charge < -0.3 is 5.11 Å². The summed E-state index contributed by atoms with van der Waals surface area (Å²) in [5, 5.41) is 9.90. The molecule has 0 aliphatic rings. The Morgan fingerprint density at radius 3 is 2.93 bits per heavy atom. The number of hydrogen-bond acceptors (Lipinski definition) is 4. The number of nitrogens with zero attached hydrogens (tertiary/aromatic N) is 2. The standard InChI is InChI=1S/C11H14N2OS/c1-13(6-7-14)8-11-12-9-4-2-3-5-10(9)15-11/h2-5,14H,6-8H2,1H3. The maximum Gasteiger partial charge on any atom is 0.108 e. The Balaban J connectivity index is 2.15. The zero-order valence-electron chi connectivity index (χ0n) is 8.68. The Hall–Kier alpha value is -0.970. The van der Waals surface area contributed by atoms with E-state index in [4.69, 9.17) is 5.11 Å². The van der Waals surface area contributed by atoms with E-state index in [0.717, 1.165) is 17.1 Å². The lowest BCUT2D eigenvalue weighted by Gasteiger charge is -2.12. The zero-order valence-corrected chi connectivity index (χ0v) is 9.50. The van der Waals surface area contributed by atoms with Crippen LogP contribution >= 0.6 is 11.3 Å². The third kappa shape index (κ3) is 2.53. The molecule has 2 aromatic rings. The summed E-state index contributed by atoms with van der Waals surface area (Å²) in [6.07, 6.45) is 0. The summed E-state index contributed by atoms with van der Waals surface area (Å²) in [5.41, 5.74) is 1.06. The van der Waals surface area contributed by atoms with Gasteiger partial charge in [-0.1, -0.05) is 12.1 Å². The average molecular weight is 222 g/mol. The monoisotopic (exact) mass is 222 g/mol. The number of hydrogen-bond donors (Lipinski definition) is 1. The van der Waals surface area contributed by atoms with Gasteiger partial charge in [-0.25, -0.2) is 4.98 Å². The van der Waals surface area contributed by atoms with Crippen LogP contribution in [0.5, 0.6) is 0 Å². The highest BCUT2D eigenvalue weighted by Crippen LogP contribution is 2.22. The normalized spacial score (nSPS) is 11.4. The summed E-state index contributed by atoms with van der Waals surface area (Å²) < 4.78 is 1.23. The number of thiazole rings is 1. The Morgan fingerprint density at radius 2 is 2.20 bits per heavy atom. The SMILES string of the molecule is CN(CCO)Cc1nc2ccccc2s1. The summed E-state index contributed by atoms with van der Waals surface area (Å²) in [5.74, 6) is 0. The van der Waals surface area contributed by atoms with Crippen molar-refractivity contribution >= 4 is 21.6 Å². The molecule has 0 aliphatic heterocycles. The fourth-order valence-corrected chi connectivity index (χ4v) is 2.52. The van der Waals surface area contributed by atoms with Crippen molar-refractivity contribution in [1.29, 1.82) is 0 Å². The second-order valence-corrected chi connectivity index (χ2v) is 4.65. The Kier molecular flexibility index (Phi) is 3.30. The maximum atomic E-state index is 8.80. The number of aliphatic hydroxyl groups is 1. The molecular formula is C11H14N2OS. The second-order valence-electron chi connectivity index (χ2n) is 3.54. The quantitative estimate of drug-likeness (QED) is 0.855. The van der Waals surface area contributed by atoms with E-state index in [1.165, 1.54) is 4.70 Å². The first-order chi connectivity index (χ1) is 7.29. The van der Waals surface area contributed by atoms with Gasteiger partial charge in [0.1, 0.15) is 5.01 Å². The Bertz CT molecular complexity index is 408. The summed E-state index contributed by atoms with van der Waals surface area (Å²) in [4.78, 5) is 6.60. The van der Waals surface area contributed by atoms with E-state index in [1.807, 2.05) is 25.2 Å².